The summed E-state index contributed by atoms with van der Waals surface area (Å²) < 4.78 is 35.6. The van der Waals surface area contributed by atoms with E-state index in [2.05, 4.69) is 26.5 Å². The molecular weight excluding hydrogens is 697 g/mol. The highest BCUT2D eigenvalue weighted by Crippen LogP contribution is 2.34. The molecule has 0 bridgehead atoms. The van der Waals surface area contributed by atoms with E-state index in [0.29, 0.717) is 23.5 Å². The molecule has 2 amide bonds. The van der Waals surface area contributed by atoms with Crippen molar-refractivity contribution in [3.05, 3.63) is 117 Å². The number of nitrogens with one attached hydrogen (secondary N) is 4. The average Bonchev–Trinajstić information content (AvgIpc) is 3.94. The zero-order valence-electron chi connectivity index (χ0n) is 27.2. The zero-order chi connectivity index (χ0) is 35.1. The van der Waals surface area contributed by atoms with Gasteiger partial charge < -0.3 is 20.5 Å². The Hall–Kier alpha value is -4.22. The number of fused-ring (bicyclic) bond motifs is 1. The highest BCUT2D eigenvalue weighted by molar-refractivity contribution is 7.89. The van der Waals surface area contributed by atoms with E-state index in [-0.39, 0.29) is 23.9 Å². The SMILES string of the molecule is COC(=O)N[C@H](C(=O)NCc1ccc(C(CO)N(CC2CNNC2)S(=O)(=O)c2ccc3scnc3c2)s1)C(c1ccccc1)c1ccccc1. The number of hydrogen-bond acceptors (Lipinski definition) is 11. The lowest BCUT2D eigenvalue weighted by Crippen LogP contribution is -2.50. The second kappa shape index (κ2) is 16.2. The van der Waals surface area contributed by atoms with Gasteiger partial charge in [0.1, 0.15) is 6.04 Å². The van der Waals surface area contributed by atoms with Crippen molar-refractivity contribution >= 4 is 54.9 Å². The quantitative estimate of drug-likeness (QED) is 0.114. The summed E-state index contributed by atoms with van der Waals surface area (Å²) in [5.74, 6) is -0.970. The number of thiazole rings is 1. The summed E-state index contributed by atoms with van der Waals surface area (Å²) in [6.45, 7) is 0.989. The molecule has 1 fully saturated rings. The van der Waals surface area contributed by atoms with E-state index in [4.69, 9.17) is 4.74 Å². The third kappa shape index (κ3) is 8.05. The Morgan fingerprint density at radius 1 is 1.00 bits per heavy atom. The Bertz CT molecular complexity index is 1960. The van der Waals surface area contributed by atoms with Crippen molar-refractivity contribution in [1.82, 2.24) is 30.8 Å². The minimum atomic E-state index is -4.05. The number of ether oxygens (including phenoxy) is 1. The molecule has 50 heavy (non-hydrogen) atoms. The lowest BCUT2D eigenvalue weighted by molar-refractivity contribution is -0.123. The number of rotatable bonds is 14. The number of methoxy groups -OCH3 is 1. The van der Waals surface area contributed by atoms with Crippen molar-refractivity contribution in [2.75, 3.05) is 33.4 Å². The molecule has 1 unspecified atom stereocenters. The molecule has 3 heterocycles. The Labute approximate surface area is 298 Å². The predicted octanol–water partition coefficient (Wildman–Crippen LogP) is 3.98. The minimum absolute atomic E-state index is 0.0260. The van der Waals surface area contributed by atoms with Gasteiger partial charge >= 0.3 is 6.09 Å². The number of benzene rings is 3. The number of nitrogens with zero attached hydrogens (tertiary/aromatic N) is 2. The molecule has 15 heteroatoms. The number of hydrazine groups is 1. The standard InChI is InChI=1S/C35H38N6O6S3/c1-47-35(44)40-33(32(24-8-4-2-5-9-24)25-10-6-3-7-11-25)34(43)36-19-26-12-14-31(49-26)29(21-42)41(20-23-17-38-39-18-23)50(45,46)27-13-15-30-28(16-27)37-22-48-30/h2-16,22-23,29,32-33,38-39,42H,17-21H2,1H3,(H,36,43)(H,40,44)/t29?,33-/m0/s1. The summed E-state index contributed by atoms with van der Waals surface area (Å²) in [5, 5.41) is 16.4. The van der Waals surface area contributed by atoms with Gasteiger partial charge in [0.25, 0.3) is 0 Å². The summed E-state index contributed by atoms with van der Waals surface area (Å²) in [6, 6.07) is 25.5. The Balaban J connectivity index is 1.25. The second-order valence-electron chi connectivity index (χ2n) is 11.8. The number of alkyl carbamates (subject to hydrolysis) is 1. The number of hydrogen-bond donors (Lipinski definition) is 5. The van der Waals surface area contributed by atoms with Crippen molar-refractivity contribution in [3.8, 4) is 0 Å². The number of aromatic nitrogens is 1. The summed E-state index contributed by atoms with van der Waals surface area (Å²) in [5.41, 5.74) is 10.1. The van der Waals surface area contributed by atoms with Crippen LogP contribution in [0.15, 0.2) is 101 Å². The van der Waals surface area contributed by atoms with E-state index < -0.39 is 46.6 Å². The number of carbonyl (C=O) groups is 2. The van der Waals surface area contributed by atoms with Gasteiger partial charge in [-0.3, -0.25) is 15.6 Å². The Kier molecular flexibility index (Phi) is 11.5. The van der Waals surface area contributed by atoms with Gasteiger partial charge in [-0.1, -0.05) is 60.7 Å². The molecule has 12 nitrogen and oxygen atoms in total. The highest BCUT2D eigenvalue weighted by atomic mass is 32.2. The maximum atomic E-state index is 14.2. The van der Waals surface area contributed by atoms with E-state index in [0.717, 1.165) is 20.7 Å². The van der Waals surface area contributed by atoms with Crippen LogP contribution in [0.5, 0.6) is 0 Å². The van der Waals surface area contributed by atoms with Crippen molar-refractivity contribution in [1.29, 1.82) is 0 Å². The molecule has 1 aliphatic heterocycles. The van der Waals surface area contributed by atoms with Crippen molar-refractivity contribution in [2.45, 2.75) is 29.4 Å². The van der Waals surface area contributed by atoms with E-state index in [1.54, 1.807) is 29.8 Å². The Morgan fingerprint density at radius 3 is 2.32 bits per heavy atom. The van der Waals surface area contributed by atoms with Crippen LogP contribution in [0.1, 0.15) is 32.8 Å². The largest absolute Gasteiger partial charge is 0.453 e. The van der Waals surface area contributed by atoms with E-state index in [9.17, 15) is 23.1 Å². The molecule has 2 atom stereocenters. The number of aliphatic hydroxyl groups is 1. The van der Waals surface area contributed by atoms with Gasteiger partial charge in [-0.2, -0.15) is 4.31 Å². The highest BCUT2D eigenvalue weighted by Gasteiger charge is 2.36. The molecule has 1 aliphatic rings. The molecule has 0 aliphatic carbocycles. The predicted molar refractivity (Wildman–Crippen MR) is 193 cm³/mol. The fourth-order valence-electron chi connectivity index (χ4n) is 6.08. The van der Waals surface area contributed by atoms with Gasteiger partial charge in [0, 0.05) is 41.2 Å². The zero-order valence-corrected chi connectivity index (χ0v) is 29.6. The van der Waals surface area contributed by atoms with Crippen LogP contribution in [0.3, 0.4) is 0 Å². The third-order valence-electron chi connectivity index (χ3n) is 8.61. The summed E-state index contributed by atoms with van der Waals surface area (Å²) in [6.07, 6.45) is -0.742. The normalized spacial score (nSPS) is 15.0. The molecule has 3 aromatic carbocycles. The number of amides is 2. The van der Waals surface area contributed by atoms with Crippen molar-refractivity contribution < 1.29 is 27.9 Å². The molecule has 1 saturated heterocycles. The van der Waals surface area contributed by atoms with Gasteiger partial charge in [-0.25, -0.2) is 18.2 Å². The molecular formula is C35H38N6O6S3. The number of carbonyl (C=O) groups excluding carboxylic acids is 2. The summed E-state index contributed by atoms with van der Waals surface area (Å²) >= 11 is 2.74. The Morgan fingerprint density at radius 2 is 1.68 bits per heavy atom. The van der Waals surface area contributed by atoms with Crippen LogP contribution >= 0.6 is 22.7 Å². The fraction of sp³-hybridized carbons (Fsp3) is 0.286. The van der Waals surface area contributed by atoms with Crippen LogP contribution in [-0.4, -0.2) is 74.2 Å². The van der Waals surface area contributed by atoms with E-state index in [1.807, 2.05) is 66.7 Å². The lowest BCUT2D eigenvalue weighted by atomic mass is 9.84. The molecule has 5 aromatic rings. The molecule has 2 aromatic heterocycles. The van der Waals surface area contributed by atoms with E-state index >= 15 is 0 Å². The van der Waals surface area contributed by atoms with Crippen LogP contribution in [0.2, 0.25) is 0 Å². The summed E-state index contributed by atoms with van der Waals surface area (Å²) in [4.78, 5) is 32.2. The second-order valence-corrected chi connectivity index (χ2v) is 15.8. The average molecular weight is 735 g/mol. The van der Waals surface area contributed by atoms with Gasteiger partial charge in [0.05, 0.1) is 46.9 Å². The first-order valence-corrected chi connectivity index (χ1v) is 19.1. The monoisotopic (exact) mass is 734 g/mol. The van der Waals surface area contributed by atoms with Gasteiger partial charge in [0.2, 0.25) is 15.9 Å². The third-order valence-corrected chi connectivity index (χ3v) is 12.5. The van der Waals surface area contributed by atoms with Crippen molar-refractivity contribution in [2.24, 2.45) is 5.92 Å². The van der Waals surface area contributed by atoms with Crippen molar-refractivity contribution in [3.63, 3.8) is 0 Å². The van der Waals surface area contributed by atoms with Crippen LogP contribution < -0.4 is 21.5 Å². The molecule has 0 radical (unpaired) electrons. The molecule has 0 spiro atoms. The first-order valence-electron chi connectivity index (χ1n) is 16.0. The van der Waals surface area contributed by atoms with Gasteiger partial charge in [-0.15, -0.1) is 22.7 Å². The maximum absolute atomic E-state index is 14.2. The van der Waals surface area contributed by atoms with Crippen LogP contribution in [0.25, 0.3) is 10.2 Å². The minimum Gasteiger partial charge on any atom is -0.453 e. The first-order chi connectivity index (χ1) is 24.3. The molecule has 262 valence electrons. The fourth-order valence-corrected chi connectivity index (χ4v) is 9.55. The van der Waals surface area contributed by atoms with Crippen LogP contribution in [-0.2, 0) is 26.1 Å². The summed E-state index contributed by atoms with van der Waals surface area (Å²) in [7, 11) is -2.81. The molecule has 0 saturated carbocycles. The lowest BCUT2D eigenvalue weighted by Gasteiger charge is -2.31. The van der Waals surface area contributed by atoms with E-state index in [1.165, 1.54) is 34.1 Å². The van der Waals surface area contributed by atoms with Gasteiger partial charge in [0.15, 0.2) is 0 Å². The van der Waals surface area contributed by atoms with Crippen LogP contribution in [0, 0.1) is 5.92 Å². The first kappa shape index (κ1) is 35.6. The van der Waals surface area contributed by atoms with Gasteiger partial charge in [-0.05, 0) is 41.5 Å². The molecule has 5 N–H and O–H groups in total. The van der Waals surface area contributed by atoms with Crippen LogP contribution in [0.4, 0.5) is 4.79 Å². The smallest absolute Gasteiger partial charge is 0.407 e. The molecule has 6 rings (SSSR count). The number of thiophene rings is 1. The topological polar surface area (TPSA) is 162 Å². The maximum Gasteiger partial charge on any atom is 0.407 e. The number of aliphatic hydroxyl groups excluding tert-OH is 1. The number of sulfonamides is 1.